The van der Waals surface area contributed by atoms with Crippen molar-refractivity contribution in [1.82, 2.24) is 9.80 Å². The Hall–Kier alpha value is -0.570. The van der Waals surface area contributed by atoms with Gasteiger partial charge in [-0.05, 0) is 6.54 Å². The number of hydrogen-bond donors (Lipinski definition) is 1. The highest BCUT2D eigenvalue weighted by Crippen LogP contribution is 2.18. The predicted octanol–water partition coefficient (Wildman–Crippen LogP) is 1.65. The van der Waals surface area contributed by atoms with Crippen molar-refractivity contribution in [3.8, 4) is 0 Å². The maximum absolute atomic E-state index is 8.06. The monoisotopic (exact) mass is 197 g/mol. The summed E-state index contributed by atoms with van der Waals surface area (Å²) in [6.45, 7) is 13.9. The molecule has 1 N–H and O–H groups in total. The Kier molecular flexibility index (Phi) is 3.53. The SMILES string of the molecule is CCN1CCN(C(=N)C(C)(C)C)CC1. The molecule has 1 fully saturated rings. The highest BCUT2D eigenvalue weighted by molar-refractivity contribution is 5.84. The normalized spacial score (nSPS) is 19.9. The molecule has 1 rings (SSSR count). The Labute approximate surface area is 87.6 Å². The molecule has 82 valence electrons. The summed E-state index contributed by atoms with van der Waals surface area (Å²) in [5, 5.41) is 8.06. The van der Waals surface area contributed by atoms with E-state index < -0.39 is 0 Å². The summed E-state index contributed by atoms with van der Waals surface area (Å²) < 4.78 is 0. The van der Waals surface area contributed by atoms with E-state index in [1.54, 1.807) is 0 Å². The van der Waals surface area contributed by atoms with Crippen LogP contribution in [0.3, 0.4) is 0 Å². The zero-order valence-electron chi connectivity index (χ0n) is 9.93. The van der Waals surface area contributed by atoms with Gasteiger partial charge >= 0.3 is 0 Å². The lowest BCUT2D eigenvalue weighted by atomic mass is 9.93. The van der Waals surface area contributed by atoms with Crippen molar-refractivity contribution in [3.05, 3.63) is 0 Å². The van der Waals surface area contributed by atoms with Crippen molar-refractivity contribution in [2.45, 2.75) is 27.7 Å². The van der Waals surface area contributed by atoms with Gasteiger partial charge in [0.2, 0.25) is 0 Å². The summed E-state index contributed by atoms with van der Waals surface area (Å²) in [7, 11) is 0. The van der Waals surface area contributed by atoms with Crippen LogP contribution in [0.2, 0.25) is 0 Å². The van der Waals surface area contributed by atoms with E-state index in [1.807, 2.05) is 0 Å². The summed E-state index contributed by atoms with van der Waals surface area (Å²) >= 11 is 0. The molecule has 0 aromatic carbocycles. The summed E-state index contributed by atoms with van der Waals surface area (Å²) in [6, 6.07) is 0. The molecule has 3 heteroatoms. The molecule has 1 aliphatic heterocycles. The fourth-order valence-corrected chi connectivity index (χ4v) is 1.76. The first-order valence-electron chi connectivity index (χ1n) is 5.51. The molecule has 0 amide bonds. The number of amidine groups is 1. The van der Waals surface area contributed by atoms with E-state index >= 15 is 0 Å². The Morgan fingerprint density at radius 3 is 2.00 bits per heavy atom. The Morgan fingerprint density at radius 1 is 1.14 bits per heavy atom. The van der Waals surface area contributed by atoms with Gasteiger partial charge in [-0.2, -0.15) is 0 Å². The quantitative estimate of drug-likeness (QED) is 0.512. The Morgan fingerprint density at radius 2 is 1.64 bits per heavy atom. The van der Waals surface area contributed by atoms with Gasteiger partial charge < -0.3 is 9.80 Å². The molecule has 1 aliphatic rings. The second-order valence-electron chi connectivity index (χ2n) is 5.02. The largest absolute Gasteiger partial charge is 0.358 e. The van der Waals surface area contributed by atoms with Crippen LogP contribution in [0.15, 0.2) is 0 Å². The maximum Gasteiger partial charge on any atom is 0.101 e. The van der Waals surface area contributed by atoms with Crippen molar-refractivity contribution in [1.29, 1.82) is 5.41 Å². The van der Waals surface area contributed by atoms with Gasteiger partial charge in [-0.3, -0.25) is 5.41 Å². The highest BCUT2D eigenvalue weighted by atomic mass is 15.3. The fraction of sp³-hybridized carbons (Fsp3) is 0.909. The van der Waals surface area contributed by atoms with Crippen LogP contribution >= 0.6 is 0 Å². The summed E-state index contributed by atoms with van der Waals surface area (Å²) in [5.74, 6) is 0.785. The van der Waals surface area contributed by atoms with Crippen LogP contribution in [-0.4, -0.2) is 48.4 Å². The molecule has 0 aromatic rings. The summed E-state index contributed by atoms with van der Waals surface area (Å²) in [4.78, 5) is 4.65. The van der Waals surface area contributed by atoms with Crippen LogP contribution in [0.25, 0.3) is 0 Å². The fourth-order valence-electron chi connectivity index (χ4n) is 1.76. The molecule has 0 radical (unpaired) electrons. The van der Waals surface area contributed by atoms with E-state index in [0.29, 0.717) is 0 Å². The Balaban J connectivity index is 2.46. The molecule has 1 heterocycles. The highest BCUT2D eigenvalue weighted by Gasteiger charge is 2.25. The molecule has 14 heavy (non-hydrogen) atoms. The molecular weight excluding hydrogens is 174 g/mol. The topological polar surface area (TPSA) is 30.3 Å². The second-order valence-corrected chi connectivity index (χ2v) is 5.02. The summed E-state index contributed by atoms with van der Waals surface area (Å²) in [6.07, 6.45) is 0. The molecule has 3 nitrogen and oxygen atoms in total. The lowest BCUT2D eigenvalue weighted by Gasteiger charge is -2.39. The third-order valence-corrected chi connectivity index (χ3v) is 2.85. The van der Waals surface area contributed by atoms with Gasteiger partial charge in [-0.1, -0.05) is 27.7 Å². The molecular formula is C11H23N3. The van der Waals surface area contributed by atoms with Gasteiger partial charge in [0.25, 0.3) is 0 Å². The minimum Gasteiger partial charge on any atom is -0.358 e. The van der Waals surface area contributed by atoms with Crippen LogP contribution in [-0.2, 0) is 0 Å². The number of piperazine rings is 1. The van der Waals surface area contributed by atoms with Crippen LogP contribution in [0.1, 0.15) is 27.7 Å². The minimum atomic E-state index is -0.00557. The number of likely N-dealkylation sites (N-methyl/N-ethyl adjacent to an activating group) is 1. The standard InChI is InChI=1S/C11H23N3/c1-5-13-6-8-14(9-7-13)10(12)11(2,3)4/h12H,5-9H2,1-4H3. The Bertz CT molecular complexity index is 197. The number of nitrogens with zero attached hydrogens (tertiary/aromatic N) is 2. The number of rotatable bonds is 1. The molecule has 0 atom stereocenters. The minimum absolute atomic E-state index is 0.00557. The van der Waals surface area contributed by atoms with Crippen molar-refractivity contribution in [2.24, 2.45) is 5.41 Å². The average Bonchev–Trinajstić information content (AvgIpc) is 2.15. The van der Waals surface area contributed by atoms with Crippen molar-refractivity contribution >= 4 is 5.84 Å². The first kappa shape index (κ1) is 11.5. The van der Waals surface area contributed by atoms with Gasteiger partial charge in [-0.25, -0.2) is 0 Å². The average molecular weight is 197 g/mol. The van der Waals surface area contributed by atoms with Crippen LogP contribution < -0.4 is 0 Å². The van der Waals surface area contributed by atoms with Crippen molar-refractivity contribution in [3.63, 3.8) is 0 Å². The third kappa shape index (κ3) is 2.71. The zero-order chi connectivity index (χ0) is 10.8. The van der Waals surface area contributed by atoms with Crippen LogP contribution in [0.4, 0.5) is 0 Å². The molecule has 0 bridgehead atoms. The molecule has 0 spiro atoms. The lowest BCUT2D eigenvalue weighted by Crippen LogP contribution is -2.51. The van der Waals surface area contributed by atoms with E-state index in [2.05, 4.69) is 37.5 Å². The predicted molar refractivity (Wildman–Crippen MR) is 60.9 cm³/mol. The van der Waals surface area contributed by atoms with Gasteiger partial charge in [0, 0.05) is 31.6 Å². The van der Waals surface area contributed by atoms with E-state index in [0.717, 1.165) is 38.6 Å². The molecule has 0 unspecified atom stereocenters. The summed E-state index contributed by atoms with van der Waals surface area (Å²) in [5.41, 5.74) is -0.00557. The van der Waals surface area contributed by atoms with E-state index in [1.165, 1.54) is 0 Å². The number of nitrogens with one attached hydrogen (secondary N) is 1. The first-order chi connectivity index (χ1) is 6.45. The van der Waals surface area contributed by atoms with Gasteiger partial charge in [0.1, 0.15) is 5.84 Å². The smallest absolute Gasteiger partial charge is 0.101 e. The van der Waals surface area contributed by atoms with Gasteiger partial charge in [-0.15, -0.1) is 0 Å². The lowest BCUT2D eigenvalue weighted by molar-refractivity contribution is 0.181. The molecule has 0 aliphatic carbocycles. The van der Waals surface area contributed by atoms with Crippen molar-refractivity contribution in [2.75, 3.05) is 32.7 Å². The van der Waals surface area contributed by atoms with Crippen LogP contribution in [0.5, 0.6) is 0 Å². The van der Waals surface area contributed by atoms with E-state index in [9.17, 15) is 0 Å². The van der Waals surface area contributed by atoms with Crippen LogP contribution in [0, 0.1) is 10.8 Å². The third-order valence-electron chi connectivity index (χ3n) is 2.85. The van der Waals surface area contributed by atoms with E-state index in [-0.39, 0.29) is 5.41 Å². The molecule has 1 saturated heterocycles. The molecule has 0 aromatic heterocycles. The molecule has 0 saturated carbocycles. The van der Waals surface area contributed by atoms with E-state index in [4.69, 9.17) is 5.41 Å². The second kappa shape index (κ2) is 4.30. The zero-order valence-corrected chi connectivity index (χ0v) is 9.93. The van der Waals surface area contributed by atoms with Gasteiger partial charge in [0.15, 0.2) is 0 Å². The van der Waals surface area contributed by atoms with Gasteiger partial charge in [0.05, 0.1) is 0 Å². The maximum atomic E-state index is 8.06. The first-order valence-corrected chi connectivity index (χ1v) is 5.51. The number of hydrogen-bond acceptors (Lipinski definition) is 2. The van der Waals surface area contributed by atoms with Crippen molar-refractivity contribution < 1.29 is 0 Å².